The fourth-order valence-electron chi connectivity index (χ4n) is 3.35. The molecule has 0 aliphatic heterocycles. The van der Waals surface area contributed by atoms with Gasteiger partial charge in [-0.3, -0.25) is 4.90 Å². The predicted octanol–water partition coefficient (Wildman–Crippen LogP) is 3.45. The molecule has 3 unspecified atom stereocenters. The van der Waals surface area contributed by atoms with E-state index in [1.54, 1.807) is 0 Å². The van der Waals surface area contributed by atoms with Crippen LogP contribution in [0.3, 0.4) is 0 Å². The van der Waals surface area contributed by atoms with Crippen molar-refractivity contribution in [2.24, 2.45) is 5.92 Å². The van der Waals surface area contributed by atoms with E-state index in [9.17, 15) is 5.11 Å². The van der Waals surface area contributed by atoms with Gasteiger partial charge in [0, 0.05) is 12.6 Å². The highest BCUT2D eigenvalue weighted by Crippen LogP contribution is 2.31. The van der Waals surface area contributed by atoms with E-state index in [4.69, 9.17) is 0 Å². The molecule has 0 saturated heterocycles. The Balaban J connectivity index is 1.94. The number of aliphatic hydroxyl groups excluding tert-OH is 1. The first-order valence-corrected chi connectivity index (χ1v) is 7.63. The molecule has 1 aliphatic carbocycles. The lowest BCUT2D eigenvalue weighted by atomic mass is 9.81. The summed E-state index contributed by atoms with van der Waals surface area (Å²) in [6.45, 7) is 3.19. The largest absolute Gasteiger partial charge is 0.391 e. The van der Waals surface area contributed by atoms with Gasteiger partial charge in [-0.05, 0) is 37.8 Å². The number of hydrogen-bond acceptors (Lipinski definition) is 2. The third-order valence-electron chi connectivity index (χ3n) is 4.43. The standard InChI is InChI=1S/C17H27NO/c1-3-7-14-10-11-17(19)16(12-14)18(2)13-15-8-5-4-6-9-15/h4-6,8-9,14,16-17,19H,3,7,10-13H2,1-2H3. The van der Waals surface area contributed by atoms with Crippen LogP contribution in [0.15, 0.2) is 30.3 Å². The summed E-state index contributed by atoms with van der Waals surface area (Å²) in [6.07, 6.45) is 5.73. The monoisotopic (exact) mass is 261 g/mol. The quantitative estimate of drug-likeness (QED) is 0.877. The van der Waals surface area contributed by atoms with Crippen molar-refractivity contribution < 1.29 is 5.11 Å². The van der Waals surface area contributed by atoms with Gasteiger partial charge in [-0.2, -0.15) is 0 Å². The number of benzene rings is 1. The van der Waals surface area contributed by atoms with Crippen molar-refractivity contribution in [2.75, 3.05) is 7.05 Å². The number of nitrogens with zero attached hydrogens (tertiary/aromatic N) is 1. The minimum Gasteiger partial charge on any atom is -0.391 e. The maximum Gasteiger partial charge on any atom is 0.0695 e. The average Bonchev–Trinajstić information content (AvgIpc) is 2.42. The molecule has 2 heteroatoms. The minimum atomic E-state index is -0.151. The highest BCUT2D eigenvalue weighted by molar-refractivity contribution is 5.14. The van der Waals surface area contributed by atoms with Crippen LogP contribution in [0.5, 0.6) is 0 Å². The molecule has 1 aliphatic rings. The van der Waals surface area contributed by atoms with Crippen LogP contribution in [-0.2, 0) is 6.54 Å². The summed E-state index contributed by atoms with van der Waals surface area (Å²) in [5.74, 6) is 0.802. The summed E-state index contributed by atoms with van der Waals surface area (Å²) in [7, 11) is 2.15. The Hall–Kier alpha value is -0.860. The smallest absolute Gasteiger partial charge is 0.0695 e. The van der Waals surface area contributed by atoms with Crippen LogP contribution < -0.4 is 0 Å². The van der Waals surface area contributed by atoms with Crippen molar-refractivity contribution in [1.82, 2.24) is 4.90 Å². The molecule has 1 aromatic rings. The molecule has 3 atom stereocenters. The molecule has 1 fully saturated rings. The van der Waals surface area contributed by atoms with Crippen molar-refractivity contribution >= 4 is 0 Å². The minimum absolute atomic E-state index is 0.151. The molecule has 0 amide bonds. The van der Waals surface area contributed by atoms with Crippen LogP contribution in [0.4, 0.5) is 0 Å². The highest BCUT2D eigenvalue weighted by atomic mass is 16.3. The van der Waals surface area contributed by atoms with Gasteiger partial charge in [0.1, 0.15) is 0 Å². The third kappa shape index (κ3) is 4.05. The van der Waals surface area contributed by atoms with Crippen molar-refractivity contribution in [1.29, 1.82) is 0 Å². The van der Waals surface area contributed by atoms with Gasteiger partial charge in [0.15, 0.2) is 0 Å². The van der Waals surface area contributed by atoms with E-state index in [2.05, 4.69) is 49.2 Å². The zero-order valence-electron chi connectivity index (χ0n) is 12.3. The van der Waals surface area contributed by atoms with Gasteiger partial charge in [-0.15, -0.1) is 0 Å². The Labute approximate surface area is 117 Å². The van der Waals surface area contributed by atoms with E-state index in [0.717, 1.165) is 25.3 Å². The van der Waals surface area contributed by atoms with Crippen molar-refractivity contribution in [3.8, 4) is 0 Å². The summed E-state index contributed by atoms with van der Waals surface area (Å²) < 4.78 is 0. The Morgan fingerprint density at radius 2 is 1.95 bits per heavy atom. The van der Waals surface area contributed by atoms with Gasteiger partial charge in [0.25, 0.3) is 0 Å². The molecular weight excluding hydrogens is 234 g/mol. The summed E-state index contributed by atoms with van der Waals surface area (Å²) in [4.78, 5) is 2.34. The van der Waals surface area contributed by atoms with E-state index in [-0.39, 0.29) is 6.10 Å². The highest BCUT2D eigenvalue weighted by Gasteiger charge is 2.31. The maximum atomic E-state index is 10.3. The number of aliphatic hydroxyl groups is 1. The van der Waals surface area contributed by atoms with Crippen LogP contribution in [-0.4, -0.2) is 29.2 Å². The second-order valence-corrected chi connectivity index (χ2v) is 6.00. The molecule has 2 rings (SSSR count). The van der Waals surface area contributed by atoms with E-state index >= 15 is 0 Å². The Bertz CT molecular complexity index is 365. The van der Waals surface area contributed by atoms with Crippen LogP contribution in [0.25, 0.3) is 0 Å². The van der Waals surface area contributed by atoms with Gasteiger partial charge < -0.3 is 5.11 Å². The van der Waals surface area contributed by atoms with E-state index in [1.807, 2.05) is 0 Å². The third-order valence-corrected chi connectivity index (χ3v) is 4.43. The first kappa shape index (κ1) is 14.5. The van der Waals surface area contributed by atoms with E-state index in [0.29, 0.717) is 6.04 Å². The molecule has 0 heterocycles. The lowest BCUT2D eigenvalue weighted by Crippen LogP contribution is -2.45. The molecule has 1 aromatic carbocycles. The van der Waals surface area contributed by atoms with Crippen LogP contribution in [0.2, 0.25) is 0 Å². The molecular formula is C17H27NO. The zero-order chi connectivity index (χ0) is 13.7. The average molecular weight is 261 g/mol. The van der Waals surface area contributed by atoms with Gasteiger partial charge in [-0.1, -0.05) is 50.1 Å². The maximum absolute atomic E-state index is 10.3. The lowest BCUT2D eigenvalue weighted by Gasteiger charge is -2.39. The summed E-state index contributed by atoms with van der Waals surface area (Å²) in [5, 5.41) is 10.3. The normalized spacial score (nSPS) is 27.7. The molecule has 1 N–H and O–H groups in total. The van der Waals surface area contributed by atoms with Crippen molar-refractivity contribution in [2.45, 2.75) is 57.7 Å². The van der Waals surface area contributed by atoms with E-state index < -0.39 is 0 Å². The zero-order valence-corrected chi connectivity index (χ0v) is 12.3. The molecule has 0 spiro atoms. The second-order valence-electron chi connectivity index (χ2n) is 6.00. The summed E-state index contributed by atoms with van der Waals surface area (Å²) in [5.41, 5.74) is 1.33. The molecule has 0 aromatic heterocycles. The fraction of sp³-hybridized carbons (Fsp3) is 0.647. The number of likely N-dealkylation sites (N-methyl/N-ethyl adjacent to an activating group) is 1. The van der Waals surface area contributed by atoms with Gasteiger partial charge in [0.05, 0.1) is 6.10 Å². The second kappa shape index (κ2) is 7.06. The van der Waals surface area contributed by atoms with Crippen LogP contribution in [0, 0.1) is 5.92 Å². The fourth-order valence-corrected chi connectivity index (χ4v) is 3.35. The van der Waals surface area contributed by atoms with Gasteiger partial charge >= 0.3 is 0 Å². The lowest BCUT2D eigenvalue weighted by molar-refractivity contribution is 0.00958. The SMILES string of the molecule is CCCC1CCC(O)C(N(C)Cc2ccccc2)C1. The summed E-state index contributed by atoms with van der Waals surface area (Å²) >= 11 is 0. The molecule has 0 bridgehead atoms. The number of hydrogen-bond donors (Lipinski definition) is 1. The molecule has 2 nitrogen and oxygen atoms in total. The molecule has 1 saturated carbocycles. The Morgan fingerprint density at radius 3 is 2.63 bits per heavy atom. The van der Waals surface area contributed by atoms with E-state index in [1.165, 1.54) is 24.8 Å². The number of rotatable bonds is 5. The van der Waals surface area contributed by atoms with Crippen LogP contribution in [0.1, 0.15) is 44.6 Å². The first-order chi connectivity index (χ1) is 9.20. The summed E-state index contributed by atoms with van der Waals surface area (Å²) in [6, 6.07) is 10.9. The van der Waals surface area contributed by atoms with Crippen molar-refractivity contribution in [3.05, 3.63) is 35.9 Å². The molecule has 0 radical (unpaired) electrons. The molecule has 106 valence electrons. The molecule has 19 heavy (non-hydrogen) atoms. The van der Waals surface area contributed by atoms with Crippen molar-refractivity contribution in [3.63, 3.8) is 0 Å². The first-order valence-electron chi connectivity index (χ1n) is 7.63. The Morgan fingerprint density at radius 1 is 1.21 bits per heavy atom. The van der Waals surface area contributed by atoms with Crippen LogP contribution >= 0.6 is 0 Å². The predicted molar refractivity (Wildman–Crippen MR) is 80.0 cm³/mol. The Kier molecular flexibility index (Phi) is 5.41. The van der Waals surface area contributed by atoms with Gasteiger partial charge in [-0.25, -0.2) is 0 Å². The van der Waals surface area contributed by atoms with Gasteiger partial charge in [0.2, 0.25) is 0 Å². The topological polar surface area (TPSA) is 23.5 Å².